The minimum atomic E-state index is -3.85. The van der Waals surface area contributed by atoms with Gasteiger partial charge in [-0.15, -0.1) is 0 Å². The number of benzene rings is 1. The number of ether oxygens (including phenoxy) is 2. The summed E-state index contributed by atoms with van der Waals surface area (Å²) in [6.07, 6.45) is 3.33. The number of carbonyl (C=O) groups excluding carboxylic acids is 1. The van der Waals surface area contributed by atoms with Crippen molar-refractivity contribution in [2.45, 2.75) is 43.8 Å². The van der Waals surface area contributed by atoms with E-state index in [2.05, 4.69) is 34.1 Å². The van der Waals surface area contributed by atoms with Crippen LogP contribution in [0.25, 0.3) is 0 Å². The Balaban J connectivity index is 1.57. The average Bonchev–Trinajstić information content (AvgIpc) is 2.87. The molecule has 2 heterocycles. The molecule has 1 aromatic carbocycles. The van der Waals surface area contributed by atoms with Gasteiger partial charge in [-0.3, -0.25) is 4.79 Å². The Hall–Kier alpha value is -1.72. The summed E-state index contributed by atoms with van der Waals surface area (Å²) in [5.41, 5.74) is 8.10. The first-order valence-electron chi connectivity index (χ1n) is 12.8. The van der Waals surface area contributed by atoms with Gasteiger partial charge in [-0.25, -0.2) is 8.42 Å². The second kappa shape index (κ2) is 13.0. The van der Waals surface area contributed by atoms with Crippen LogP contribution in [0.2, 0.25) is 0 Å². The molecular formula is C25H42N4O5S. The minimum Gasteiger partial charge on any atom is -0.385 e. The lowest BCUT2D eigenvalue weighted by atomic mass is 9.95. The van der Waals surface area contributed by atoms with Gasteiger partial charge in [0.15, 0.2) is 4.75 Å². The molecule has 0 saturated carbocycles. The van der Waals surface area contributed by atoms with Crippen LogP contribution in [-0.4, -0.2) is 101 Å². The molecule has 2 saturated heterocycles. The highest BCUT2D eigenvalue weighted by atomic mass is 32.2. The zero-order chi connectivity index (χ0) is 25.3. The highest BCUT2D eigenvalue weighted by Gasteiger charge is 2.53. The zero-order valence-electron chi connectivity index (χ0n) is 21.3. The molecule has 3 rings (SSSR count). The fraction of sp³-hybridized carbons (Fsp3) is 0.720. The van der Waals surface area contributed by atoms with E-state index >= 15 is 0 Å². The summed E-state index contributed by atoms with van der Waals surface area (Å²) in [4.78, 5) is 16.9. The van der Waals surface area contributed by atoms with Crippen molar-refractivity contribution in [3.8, 4) is 0 Å². The molecule has 1 amide bonds. The Labute approximate surface area is 210 Å². The predicted octanol–water partition coefficient (Wildman–Crippen LogP) is 1.46. The van der Waals surface area contributed by atoms with E-state index in [1.165, 1.54) is 9.87 Å². The zero-order valence-corrected chi connectivity index (χ0v) is 22.1. The first kappa shape index (κ1) is 27.9. The van der Waals surface area contributed by atoms with Crippen LogP contribution in [0.5, 0.6) is 0 Å². The number of hydrogen-bond donors (Lipinski definition) is 1. The Kier molecular flexibility index (Phi) is 10.4. The summed E-state index contributed by atoms with van der Waals surface area (Å²) < 4.78 is 37.8. The summed E-state index contributed by atoms with van der Waals surface area (Å²) in [6.45, 7) is 7.97. The van der Waals surface area contributed by atoms with Gasteiger partial charge in [0.05, 0.1) is 0 Å². The summed E-state index contributed by atoms with van der Waals surface area (Å²) in [6, 6.07) is 8.47. The largest absolute Gasteiger partial charge is 0.385 e. The van der Waals surface area contributed by atoms with Crippen LogP contribution in [0, 0.1) is 0 Å². The van der Waals surface area contributed by atoms with Crippen molar-refractivity contribution in [3.05, 3.63) is 29.8 Å². The molecule has 198 valence electrons. The van der Waals surface area contributed by atoms with E-state index in [1.807, 2.05) is 6.92 Å². The van der Waals surface area contributed by atoms with Crippen molar-refractivity contribution in [3.63, 3.8) is 0 Å². The maximum atomic E-state index is 13.7. The summed E-state index contributed by atoms with van der Waals surface area (Å²) in [7, 11) is -2.19. The van der Waals surface area contributed by atoms with Crippen molar-refractivity contribution in [1.82, 2.24) is 9.21 Å². The van der Waals surface area contributed by atoms with Crippen LogP contribution in [-0.2, 0) is 30.7 Å². The third-order valence-corrected chi connectivity index (χ3v) is 9.91. The topological polar surface area (TPSA) is 105 Å². The maximum Gasteiger partial charge on any atom is 0.240 e. The Bertz CT molecular complexity index is 893. The van der Waals surface area contributed by atoms with Gasteiger partial charge in [-0.05, 0) is 56.7 Å². The van der Waals surface area contributed by atoms with E-state index in [4.69, 9.17) is 15.2 Å². The number of piperidine rings is 1. The number of amides is 1. The Morgan fingerprint density at radius 3 is 2.23 bits per heavy atom. The van der Waals surface area contributed by atoms with Crippen LogP contribution in [0.1, 0.15) is 38.2 Å². The monoisotopic (exact) mass is 510 g/mol. The number of methoxy groups -OCH3 is 1. The van der Waals surface area contributed by atoms with Gasteiger partial charge in [0.25, 0.3) is 0 Å². The van der Waals surface area contributed by atoms with Crippen LogP contribution < -0.4 is 10.6 Å². The first-order valence-corrected chi connectivity index (χ1v) is 14.2. The van der Waals surface area contributed by atoms with E-state index in [9.17, 15) is 13.2 Å². The van der Waals surface area contributed by atoms with Gasteiger partial charge in [-0.1, -0.05) is 12.1 Å². The number of primary amides is 1. The van der Waals surface area contributed by atoms with Crippen LogP contribution in [0.4, 0.5) is 5.69 Å². The second-order valence-corrected chi connectivity index (χ2v) is 11.7. The first-order chi connectivity index (χ1) is 16.8. The number of piperazine rings is 1. The molecule has 10 heteroatoms. The van der Waals surface area contributed by atoms with Gasteiger partial charge >= 0.3 is 0 Å². The number of likely N-dealkylation sites (tertiary alicyclic amines) is 1. The van der Waals surface area contributed by atoms with E-state index in [-0.39, 0.29) is 12.8 Å². The Morgan fingerprint density at radius 1 is 1.00 bits per heavy atom. The molecular weight excluding hydrogens is 468 g/mol. The molecule has 0 bridgehead atoms. The number of rotatable bonds is 13. The van der Waals surface area contributed by atoms with E-state index < -0.39 is 20.7 Å². The molecule has 0 aromatic heterocycles. The number of hydrogen-bond acceptors (Lipinski definition) is 7. The molecule has 2 aliphatic heterocycles. The van der Waals surface area contributed by atoms with E-state index in [0.717, 1.165) is 44.7 Å². The van der Waals surface area contributed by atoms with Crippen molar-refractivity contribution in [2.24, 2.45) is 5.73 Å². The third kappa shape index (κ3) is 6.74. The molecule has 0 radical (unpaired) electrons. The fourth-order valence-electron chi connectivity index (χ4n) is 5.03. The maximum absolute atomic E-state index is 13.7. The van der Waals surface area contributed by atoms with Gasteiger partial charge in [0, 0.05) is 78.4 Å². The molecule has 2 N–H and O–H groups in total. The average molecular weight is 511 g/mol. The third-order valence-electron chi connectivity index (χ3n) is 7.27. The highest BCUT2D eigenvalue weighted by molar-refractivity contribution is 7.91. The summed E-state index contributed by atoms with van der Waals surface area (Å²) >= 11 is 0. The molecule has 35 heavy (non-hydrogen) atoms. The van der Waals surface area contributed by atoms with Crippen molar-refractivity contribution in [2.75, 3.05) is 77.6 Å². The quantitative estimate of drug-likeness (QED) is 0.401. The molecule has 2 fully saturated rings. The van der Waals surface area contributed by atoms with Gasteiger partial charge in [0.1, 0.15) is 0 Å². The van der Waals surface area contributed by atoms with Crippen LogP contribution >= 0.6 is 0 Å². The van der Waals surface area contributed by atoms with Crippen molar-refractivity contribution in [1.29, 1.82) is 0 Å². The normalized spacial score (nSPS) is 19.7. The molecule has 0 unspecified atom stereocenters. The number of nitrogens with zero attached hydrogens (tertiary/aromatic N) is 3. The molecule has 0 aliphatic carbocycles. The van der Waals surface area contributed by atoms with Gasteiger partial charge < -0.3 is 25.0 Å². The molecule has 2 aliphatic rings. The Morgan fingerprint density at radius 2 is 1.66 bits per heavy atom. The van der Waals surface area contributed by atoms with Crippen LogP contribution in [0.3, 0.4) is 0 Å². The lowest BCUT2D eigenvalue weighted by molar-refractivity contribution is -0.121. The van der Waals surface area contributed by atoms with Crippen molar-refractivity contribution >= 4 is 21.6 Å². The highest BCUT2D eigenvalue weighted by Crippen LogP contribution is 2.34. The molecule has 0 atom stereocenters. The fourth-order valence-corrected chi connectivity index (χ4v) is 7.12. The standard InChI is InChI=1S/C25H42N4O5S/c1-3-34-21-4-6-22-7-9-23(10-8-22)28-16-18-29(19-17-28)35(31,32)25(24(26)30)11-14-27(15-12-25)13-5-20-33-2/h7-10H,3-6,11-21H2,1-2H3,(H2,26,30). The molecule has 0 spiro atoms. The van der Waals surface area contributed by atoms with Crippen LogP contribution in [0.15, 0.2) is 24.3 Å². The van der Waals surface area contributed by atoms with Gasteiger partial charge in [0.2, 0.25) is 15.9 Å². The number of aryl methyl sites for hydroxylation is 1. The van der Waals surface area contributed by atoms with E-state index in [0.29, 0.717) is 45.9 Å². The van der Waals surface area contributed by atoms with Gasteiger partial charge in [-0.2, -0.15) is 4.31 Å². The van der Waals surface area contributed by atoms with E-state index in [1.54, 1.807) is 7.11 Å². The van der Waals surface area contributed by atoms with Crippen molar-refractivity contribution < 1.29 is 22.7 Å². The predicted molar refractivity (Wildman–Crippen MR) is 138 cm³/mol. The molecule has 1 aromatic rings. The SMILES string of the molecule is CCOCCCc1ccc(N2CCN(S(=O)(=O)C3(C(N)=O)CCN(CCCOC)CC3)CC2)cc1. The number of sulfonamides is 1. The number of carbonyl (C=O) groups is 1. The summed E-state index contributed by atoms with van der Waals surface area (Å²) in [5, 5.41) is 0. The molecule has 9 nitrogen and oxygen atoms in total. The second-order valence-electron chi connectivity index (χ2n) is 9.40. The summed E-state index contributed by atoms with van der Waals surface area (Å²) in [5.74, 6) is -0.726. The number of nitrogens with two attached hydrogens (primary N) is 1. The minimum absolute atomic E-state index is 0.239. The smallest absolute Gasteiger partial charge is 0.240 e. The lowest BCUT2D eigenvalue weighted by Crippen LogP contribution is -2.63. The number of anilines is 1. The lowest BCUT2D eigenvalue weighted by Gasteiger charge is -2.43.